The van der Waals surface area contributed by atoms with Crippen LogP contribution in [0.5, 0.6) is 0 Å². The summed E-state index contributed by atoms with van der Waals surface area (Å²) in [5.41, 5.74) is -1.86. The van der Waals surface area contributed by atoms with Crippen LogP contribution in [0.1, 0.15) is 15.9 Å². The molecule has 3 aromatic rings. The standard InChI is InChI=1S/C14H5BrClF2N3O3/c15-8-2-9(21(23)24)12(18)10(11(8)17)13(22)7-4-20-14-6(7)1-5(16)3-19-14/h1-4H,(H,19,20). The van der Waals surface area contributed by atoms with Crippen molar-refractivity contribution in [3.63, 3.8) is 0 Å². The summed E-state index contributed by atoms with van der Waals surface area (Å²) in [7, 11) is 0. The lowest BCUT2D eigenvalue weighted by Crippen LogP contribution is -2.10. The Morgan fingerprint density at radius 3 is 2.71 bits per heavy atom. The quantitative estimate of drug-likeness (QED) is 0.297. The van der Waals surface area contributed by atoms with Crippen LogP contribution in [0.3, 0.4) is 0 Å². The van der Waals surface area contributed by atoms with Gasteiger partial charge in [-0.1, -0.05) is 11.6 Å². The van der Waals surface area contributed by atoms with Gasteiger partial charge in [0.05, 0.1) is 14.4 Å². The number of H-pyrrole nitrogens is 1. The Kier molecular flexibility index (Phi) is 4.06. The zero-order valence-electron chi connectivity index (χ0n) is 11.4. The molecule has 0 aliphatic carbocycles. The SMILES string of the molecule is O=C(c1c(F)c(Br)cc([N+](=O)[O-])c1F)c1c[nH]c2ncc(Cl)cc12. The molecule has 0 spiro atoms. The molecule has 0 amide bonds. The maximum atomic E-state index is 14.3. The Morgan fingerprint density at radius 1 is 1.33 bits per heavy atom. The van der Waals surface area contributed by atoms with Crippen LogP contribution in [0, 0.1) is 21.7 Å². The van der Waals surface area contributed by atoms with Gasteiger partial charge in [-0.3, -0.25) is 14.9 Å². The smallest absolute Gasteiger partial charge is 0.306 e. The van der Waals surface area contributed by atoms with Crippen molar-refractivity contribution in [2.45, 2.75) is 0 Å². The average molecular weight is 417 g/mol. The van der Waals surface area contributed by atoms with Crippen molar-refractivity contribution in [3.05, 3.63) is 66.9 Å². The molecule has 2 heterocycles. The summed E-state index contributed by atoms with van der Waals surface area (Å²) in [6, 6.07) is 2.06. The van der Waals surface area contributed by atoms with Gasteiger partial charge in [0.1, 0.15) is 11.2 Å². The summed E-state index contributed by atoms with van der Waals surface area (Å²) in [4.78, 5) is 29.0. The van der Waals surface area contributed by atoms with Crippen molar-refractivity contribution in [2.75, 3.05) is 0 Å². The molecule has 0 fully saturated rings. The minimum Gasteiger partial charge on any atom is -0.345 e. The number of ketones is 1. The van der Waals surface area contributed by atoms with Gasteiger partial charge in [-0.15, -0.1) is 0 Å². The number of carbonyl (C=O) groups excluding carboxylic acids is 1. The highest BCUT2D eigenvalue weighted by Crippen LogP contribution is 2.32. The molecule has 2 aromatic heterocycles. The van der Waals surface area contributed by atoms with Crippen LogP contribution in [0.25, 0.3) is 11.0 Å². The molecule has 6 nitrogen and oxygen atoms in total. The van der Waals surface area contributed by atoms with E-state index in [1.807, 2.05) is 0 Å². The van der Waals surface area contributed by atoms with Crippen LogP contribution < -0.4 is 0 Å². The van der Waals surface area contributed by atoms with Gasteiger partial charge in [0.25, 0.3) is 0 Å². The summed E-state index contributed by atoms with van der Waals surface area (Å²) in [5.74, 6) is -3.84. The number of hydrogen-bond acceptors (Lipinski definition) is 4. The summed E-state index contributed by atoms with van der Waals surface area (Å²) in [6.45, 7) is 0. The van der Waals surface area contributed by atoms with E-state index in [2.05, 4.69) is 25.9 Å². The van der Waals surface area contributed by atoms with Crippen molar-refractivity contribution in [3.8, 4) is 0 Å². The fourth-order valence-electron chi connectivity index (χ4n) is 2.22. The number of fused-ring (bicyclic) bond motifs is 1. The van der Waals surface area contributed by atoms with E-state index < -0.39 is 38.1 Å². The van der Waals surface area contributed by atoms with E-state index in [1.165, 1.54) is 18.5 Å². The molecular weight excluding hydrogens is 412 g/mol. The van der Waals surface area contributed by atoms with Gasteiger partial charge < -0.3 is 4.98 Å². The number of nitrogens with one attached hydrogen (secondary N) is 1. The fourth-order valence-corrected chi connectivity index (χ4v) is 2.80. The molecular formula is C14H5BrClF2N3O3. The highest BCUT2D eigenvalue weighted by molar-refractivity contribution is 9.10. The van der Waals surface area contributed by atoms with Gasteiger partial charge in [-0.05, 0) is 22.0 Å². The highest BCUT2D eigenvalue weighted by atomic mass is 79.9. The number of benzene rings is 1. The largest absolute Gasteiger partial charge is 0.345 e. The Hall–Kier alpha value is -2.39. The third-order valence-corrected chi connectivity index (χ3v) is 4.09. The predicted octanol–water partition coefficient (Wildman–Crippen LogP) is 4.40. The second-order valence-corrected chi connectivity index (χ2v) is 6.01. The first kappa shape index (κ1) is 16.5. The van der Waals surface area contributed by atoms with Gasteiger partial charge in [0.15, 0.2) is 5.82 Å². The zero-order chi connectivity index (χ0) is 17.6. The van der Waals surface area contributed by atoms with Gasteiger partial charge in [-0.25, -0.2) is 9.37 Å². The fraction of sp³-hybridized carbons (Fsp3) is 0. The van der Waals surface area contributed by atoms with Crippen molar-refractivity contribution >= 4 is 50.0 Å². The van der Waals surface area contributed by atoms with E-state index in [0.29, 0.717) is 6.07 Å². The monoisotopic (exact) mass is 415 g/mol. The number of rotatable bonds is 3. The second kappa shape index (κ2) is 5.91. The number of nitrogens with zero attached hydrogens (tertiary/aromatic N) is 2. The van der Waals surface area contributed by atoms with Crippen LogP contribution >= 0.6 is 27.5 Å². The molecule has 122 valence electrons. The van der Waals surface area contributed by atoms with Gasteiger partial charge in [-0.2, -0.15) is 4.39 Å². The van der Waals surface area contributed by atoms with E-state index in [9.17, 15) is 23.7 Å². The lowest BCUT2D eigenvalue weighted by atomic mass is 10.0. The van der Waals surface area contributed by atoms with E-state index in [1.54, 1.807) is 0 Å². The van der Waals surface area contributed by atoms with Crippen molar-refractivity contribution < 1.29 is 18.5 Å². The van der Waals surface area contributed by atoms with Gasteiger partial charge >= 0.3 is 5.69 Å². The minimum atomic E-state index is -1.55. The molecule has 3 rings (SSSR count). The first-order chi connectivity index (χ1) is 11.3. The first-order valence-electron chi connectivity index (χ1n) is 6.30. The minimum absolute atomic E-state index is 0.106. The number of halogens is 4. The number of nitro benzene ring substituents is 1. The zero-order valence-corrected chi connectivity index (χ0v) is 13.8. The number of hydrogen-bond donors (Lipinski definition) is 1. The molecule has 0 unspecified atom stereocenters. The molecule has 10 heteroatoms. The molecule has 0 saturated carbocycles. The molecule has 1 aromatic carbocycles. The molecule has 0 atom stereocenters. The number of nitro groups is 1. The number of carbonyl (C=O) groups is 1. The van der Waals surface area contributed by atoms with E-state index >= 15 is 0 Å². The summed E-state index contributed by atoms with van der Waals surface area (Å²) < 4.78 is 28.2. The van der Waals surface area contributed by atoms with Crippen molar-refractivity contribution in [2.24, 2.45) is 0 Å². The Bertz CT molecular complexity index is 1020. The van der Waals surface area contributed by atoms with Crippen LogP contribution in [0.15, 0.2) is 29.0 Å². The van der Waals surface area contributed by atoms with E-state index in [0.717, 1.165) is 0 Å². The predicted molar refractivity (Wildman–Crippen MR) is 85.2 cm³/mol. The van der Waals surface area contributed by atoms with Crippen molar-refractivity contribution in [1.82, 2.24) is 9.97 Å². The molecule has 0 aliphatic rings. The van der Waals surface area contributed by atoms with Crippen LogP contribution in [0.4, 0.5) is 14.5 Å². The molecule has 0 bridgehead atoms. The van der Waals surface area contributed by atoms with E-state index in [4.69, 9.17) is 11.6 Å². The van der Waals surface area contributed by atoms with Crippen LogP contribution in [0.2, 0.25) is 5.02 Å². The van der Waals surface area contributed by atoms with Crippen LogP contribution in [-0.4, -0.2) is 20.7 Å². The summed E-state index contributed by atoms with van der Waals surface area (Å²) >= 11 is 8.57. The Labute approximate surface area is 145 Å². The maximum absolute atomic E-state index is 14.3. The van der Waals surface area contributed by atoms with Gasteiger partial charge in [0.2, 0.25) is 11.6 Å². The topological polar surface area (TPSA) is 88.9 Å². The second-order valence-electron chi connectivity index (χ2n) is 4.72. The Morgan fingerprint density at radius 2 is 2.04 bits per heavy atom. The molecule has 0 aliphatic heterocycles. The number of aromatic nitrogens is 2. The summed E-state index contributed by atoms with van der Waals surface area (Å²) in [5, 5.41) is 11.3. The van der Waals surface area contributed by atoms with Crippen LogP contribution in [-0.2, 0) is 0 Å². The first-order valence-corrected chi connectivity index (χ1v) is 7.47. The highest BCUT2D eigenvalue weighted by Gasteiger charge is 2.30. The third-order valence-electron chi connectivity index (χ3n) is 3.30. The lowest BCUT2D eigenvalue weighted by molar-refractivity contribution is -0.387. The molecule has 1 N–H and O–H groups in total. The molecule has 0 radical (unpaired) electrons. The summed E-state index contributed by atoms with van der Waals surface area (Å²) in [6.07, 6.45) is 2.54. The lowest BCUT2D eigenvalue weighted by Gasteiger charge is -2.06. The third kappa shape index (κ3) is 2.55. The maximum Gasteiger partial charge on any atom is 0.306 e. The molecule has 24 heavy (non-hydrogen) atoms. The van der Waals surface area contributed by atoms with E-state index in [-0.39, 0.29) is 21.6 Å². The Balaban J connectivity index is 2.26. The van der Waals surface area contributed by atoms with Gasteiger partial charge in [0, 0.05) is 29.4 Å². The number of aromatic amines is 1. The van der Waals surface area contributed by atoms with Crippen molar-refractivity contribution in [1.29, 1.82) is 0 Å². The average Bonchev–Trinajstić information content (AvgIpc) is 2.93. The molecule has 0 saturated heterocycles. The number of pyridine rings is 1. The normalized spacial score (nSPS) is 11.0.